The molecule has 4 rings (SSSR count). The smallest absolute Gasteiger partial charge is 0.303 e. The number of imidazole rings is 1. The number of aromatic amines is 2. The fourth-order valence-electron chi connectivity index (χ4n) is 1.97. The minimum Gasteiger partial charge on any atom is -0.303 e. The van der Waals surface area contributed by atoms with Crippen LogP contribution in [0.25, 0.3) is 28.1 Å². The van der Waals surface area contributed by atoms with Crippen molar-refractivity contribution in [3.8, 4) is 11.4 Å². The van der Waals surface area contributed by atoms with Gasteiger partial charge in [0, 0.05) is 12.4 Å². The predicted octanol–water partition coefficient (Wildman–Crippen LogP) is 0.356. The number of aromatic nitrogens is 7. The molecular formula is C11H7N7O. The van der Waals surface area contributed by atoms with Gasteiger partial charge >= 0.3 is 5.69 Å². The van der Waals surface area contributed by atoms with Crippen LogP contribution in [0.15, 0.2) is 35.8 Å². The molecule has 0 saturated heterocycles. The molecule has 0 aliphatic rings. The Hall–Kier alpha value is -3.03. The minimum absolute atomic E-state index is 0.303. The van der Waals surface area contributed by atoms with Crippen molar-refractivity contribution in [1.82, 2.24) is 34.5 Å². The highest BCUT2D eigenvalue weighted by atomic mass is 16.1. The minimum atomic E-state index is -0.303. The summed E-state index contributed by atoms with van der Waals surface area (Å²) in [5, 5.41) is 4.20. The van der Waals surface area contributed by atoms with Crippen LogP contribution in [0.1, 0.15) is 0 Å². The van der Waals surface area contributed by atoms with Gasteiger partial charge in [-0.3, -0.25) is 9.97 Å². The van der Waals surface area contributed by atoms with E-state index >= 15 is 0 Å². The summed E-state index contributed by atoms with van der Waals surface area (Å²) < 4.78 is 1.69. The Balaban J connectivity index is 2.00. The quantitative estimate of drug-likeness (QED) is 0.509. The number of rotatable bonds is 1. The van der Waals surface area contributed by atoms with E-state index in [-0.39, 0.29) is 5.69 Å². The van der Waals surface area contributed by atoms with Gasteiger partial charge < -0.3 is 4.98 Å². The van der Waals surface area contributed by atoms with Crippen molar-refractivity contribution in [3.05, 3.63) is 41.5 Å². The molecule has 0 bridgehead atoms. The molecule has 0 aliphatic heterocycles. The number of nitrogens with zero attached hydrogens (tertiary/aromatic N) is 5. The largest absolute Gasteiger partial charge is 0.325 e. The van der Waals surface area contributed by atoms with E-state index in [0.717, 1.165) is 11.1 Å². The topological polar surface area (TPSA) is 105 Å². The SMILES string of the molecule is O=c1[nH]c2cnc(-c3cnn4ccncc34)nc2[nH]1. The number of hydrogen-bond acceptors (Lipinski definition) is 5. The maximum Gasteiger partial charge on any atom is 0.325 e. The lowest BCUT2D eigenvalue weighted by Crippen LogP contribution is -1.99. The first-order chi connectivity index (χ1) is 9.31. The van der Waals surface area contributed by atoms with E-state index in [0.29, 0.717) is 17.0 Å². The third kappa shape index (κ3) is 1.43. The highest BCUT2D eigenvalue weighted by Crippen LogP contribution is 2.20. The van der Waals surface area contributed by atoms with Crippen molar-refractivity contribution in [2.75, 3.05) is 0 Å². The van der Waals surface area contributed by atoms with Crippen LogP contribution < -0.4 is 5.69 Å². The average molecular weight is 253 g/mol. The van der Waals surface area contributed by atoms with E-state index in [1.54, 1.807) is 35.5 Å². The number of hydrogen-bond donors (Lipinski definition) is 2. The molecule has 4 aromatic heterocycles. The van der Waals surface area contributed by atoms with Crippen molar-refractivity contribution in [3.63, 3.8) is 0 Å². The van der Waals surface area contributed by atoms with Gasteiger partial charge in [0.05, 0.1) is 29.7 Å². The van der Waals surface area contributed by atoms with Crippen molar-refractivity contribution in [2.45, 2.75) is 0 Å². The predicted molar refractivity (Wildman–Crippen MR) is 66.5 cm³/mol. The normalized spacial score (nSPS) is 11.4. The van der Waals surface area contributed by atoms with E-state index in [2.05, 4.69) is 30.0 Å². The standard InChI is InChI=1S/C11H7N7O/c19-11-15-7-4-13-9(16-10(7)17-11)6-3-14-18-2-1-12-5-8(6)18/h1-5H,(H2,13,15,16,17,19). The fourth-order valence-corrected chi connectivity index (χ4v) is 1.97. The molecule has 19 heavy (non-hydrogen) atoms. The molecular weight excluding hydrogens is 246 g/mol. The Morgan fingerprint density at radius 2 is 2.11 bits per heavy atom. The molecule has 8 nitrogen and oxygen atoms in total. The van der Waals surface area contributed by atoms with Crippen LogP contribution in [0, 0.1) is 0 Å². The Morgan fingerprint density at radius 1 is 1.16 bits per heavy atom. The Bertz CT molecular complexity index is 948. The lowest BCUT2D eigenvalue weighted by Gasteiger charge is -1.97. The molecule has 0 atom stereocenters. The van der Waals surface area contributed by atoms with Crippen LogP contribution in [0.4, 0.5) is 0 Å². The van der Waals surface area contributed by atoms with Gasteiger partial charge in [-0.2, -0.15) is 5.10 Å². The third-order valence-electron chi connectivity index (χ3n) is 2.83. The molecule has 0 fully saturated rings. The van der Waals surface area contributed by atoms with Crippen LogP contribution in [0.5, 0.6) is 0 Å². The summed E-state index contributed by atoms with van der Waals surface area (Å²) in [6, 6.07) is 0. The van der Waals surface area contributed by atoms with E-state index in [4.69, 9.17) is 0 Å². The summed E-state index contributed by atoms with van der Waals surface area (Å²) in [4.78, 5) is 29.0. The molecule has 0 aromatic carbocycles. The number of nitrogens with one attached hydrogen (secondary N) is 2. The fraction of sp³-hybridized carbons (Fsp3) is 0. The first-order valence-electron chi connectivity index (χ1n) is 5.54. The monoisotopic (exact) mass is 253 g/mol. The molecule has 4 aromatic rings. The van der Waals surface area contributed by atoms with Crippen LogP contribution in [0.2, 0.25) is 0 Å². The van der Waals surface area contributed by atoms with Crippen LogP contribution >= 0.6 is 0 Å². The van der Waals surface area contributed by atoms with Crippen molar-refractivity contribution in [2.24, 2.45) is 0 Å². The van der Waals surface area contributed by atoms with Crippen LogP contribution in [0.3, 0.4) is 0 Å². The van der Waals surface area contributed by atoms with Crippen molar-refractivity contribution < 1.29 is 0 Å². The molecule has 2 N–H and O–H groups in total. The Labute approximate surface area is 105 Å². The van der Waals surface area contributed by atoms with Crippen LogP contribution in [-0.2, 0) is 0 Å². The maximum absolute atomic E-state index is 11.2. The van der Waals surface area contributed by atoms with Gasteiger partial charge in [0.2, 0.25) is 0 Å². The number of H-pyrrole nitrogens is 2. The van der Waals surface area contributed by atoms with Gasteiger partial charge in [-0.25, -0.2) is 19.3 Å². The van der Waals surface area contributed by atoms with Gasteiger partial charge in [-0.05, 0) is 0 Å². The second-order valence-electron chi connectivity index (χ2n) is 4.00. The summed E-state index contributed by atoms with van der Waals surface area (Å²) in [7, 11) is 0. The summed E-state index contributed by atoms with van der Waals surface area (Å²) in [5.74, 6) is 0.491. The zero-order valence-electron chi connectivity index (χ0n) is 9.53. The molecule has 0 radical (unpaired) electrons. The van der Waals surface area contributed by atoms with Crippen LogP contribution in [-0.4, -0.2) is 34.5 Å². The lowest BCUT2D eigenvalue weighted by atomic mass is 10.3. The van der Waals surface area contributed by atoms with Gasteiger partial charge in [-0.15, -0.1) is 0 Å². The second-order valence-corrected chi connectivity index (χ2v) is 4.00. The molecule has 0 spiro atoms. The Kier molecular flexibility index (Phi) is 1.82. The van der Waals surface area contributed by atoms with Crippen molar-refractivity contribution in [1.29, 1.82) is 0 Å². The van der Waals surface area contributed by atoms with Gasteiger partial charge in [0.15, 0.2) is 11.5 Å². The molecule has 0 unspecified atom stereocenters. The first kappa shape index (κ1) is 9.95. The van der Waals surface area contributed by atoms with E-state index in [1.807, 2.05) is 0 Å². The first-order valence-corrected chi connectivity index (χ1v) is 5.54. The molecule has 4 heterocycles. The second kappa shape index (κ2) is 3.48. The van der Waals surface area contributed by atoms with Gasteiger partial charge in [0.1, 0.15) is 5.52 Å². The van der Waals surface area contributed by atoms with E-state index in [1.165, 1.54) is 0 Å². The zero-order chi connectivity index (χ0) is 12.8. The Morgan fingerprint density at radius 3 is 3.05 bits per heavy atom. The third-order valence-corrected chi connectivity index (χ3v) is 2.83. The summed E-state index contributed by atoms with van der Waals surface area (Å²) in [6.07, 6.45) is 8.32. The van der Waals surface area contributed by atoms with Crippen molar-refractivity contribution >= 4 is 16.7 Å². The lowest BCUT2D eigenvalue weighted by molar-refractivity contribution is 0.946. The average Bonchev–Trinajstić information content (AvgIpc) is 2.99. The molecule has 8 heteroatoms. The molecule has 0 amide bonds. The molecule has 92 valence electrons. The summed E-state index contributed by atoms with van der Waals surface area (Å²) >= 11 is 0. The molecule has 0 saturated carbocycles. The van der Waals surface area contributed by atoms with E-state index in [9.17, 15) is 4.79 Å². The highest BCUT2D eigenvalue weighted by Gasteiger charge is 2.10. The van der Waals surface area contributed by atoms with Gasteiger partial charge in [-0.1, -0.05) is 0 Å². The molecule has 0 aliphatic carbocycles. The summed E-state index contributed by atoms with van der Waals surface area (Å²) in [6.45, 7) is 0. The van der Waals surface area contributed by atoms with E-state index < -0.39 is 0 Å². The van der Waals surface area contributed by atoms with Gasteiger partial charge in [0.25, 0.3) is 0 Å². The zero-order valence-corrected chi connectivity index (χ0v) is 9.53. The maximum atomic E-state index is 11.2. The summed E-state index contributed by atoms with van der Waals surface area (Å²) in [5.41, 5.74) is 2.31. The highest BCUT2D eigenvalue weighted by molar-refractivity contribution is 5.78. The number of fused-ring (bicyclic) bond motifs is 2.